The van der Waals surface area contributed by atoms with E-state index in [1.165, 1.54) is 11.3 Å². The van der Waals surface area contributed by atoms with Crippen LogP contribution in [0.15, 0.2) is 12.1 Å². The molecule has 0 aliphatic rings. The molecule has 0 aliphatic carbocycles. The van der Waals surface area contributed by atoms with Gasteiger partial charge in [-0.15, -0.1) is 10.2 Å². The van der Waals surface area contributed by atoms with Crippen LogP contribution in [-0.2, 0) is 6.54 Å². The Labute approximate surface area is 120 Å². The molecule has 1 heterocycles. The lowest BCUT2D eigenvalue weighted by Crippen LogP contribution is -2.01. The van der Waals surface area contributed by atoms with Crippen molar-refractivity contribution in [1.82, 2.24) is 10.2 Å². The topological polar surface area (TPSA) is 56.3 Å². The lowest BCUT2D eigenvalue weighted by atomic mass is 10.2. The van der Waals surface area contributed by atoms with E-state index >= 15 is 0 Å². The second-order valence-electron chi connectivity index (χ2n) is 3.75. The summed E-state index contributed by atoms with van der Waals surface area (Å²) in [5.41, 5.74) is 0.909. The first-order valence-corrected chi connectivity index (χ1v) is 6.78. The van der Waals surface area contributed by atoms with E-state index in [4.69, 9.17) is 21.1 Å². The third-order valence-electron chi connectivity index (χ3n) is 2.52. The number of nitrogens with zero attached hydrogens (tertiary/aromatic N) is 2. The van der Waals surface area contributed by atoms with Crippen LogP contribution in [0.4, 0.5) is 5.13 Å². The number of benzene rings is 1. The predicted molar refractivity (Wildman–Crippen MR) is 76.5 cm³/mol. The molecule has 0 spiro atoms. The van der Waals surface area contributed by atoms with Gasteiger partial charge in [-0.05, 0) is 18.6 Å². The summed E-state index contributed by atoms with van der Waals surface area (Å²) in [6, 6.07) is 3.72. The molecule has 0 saturated carbocycles. The van der Waals surface area contributed by atoms with Crippen molar-refractivity contribution in [3.8, 4) is 11.5 Å². The van der Waals surface area contributed by atoms with Crippen LogP contribution in [0.2, 0.25) is 5.02 Å². The molecule has 2 rings (SSSR count). The predicted octanol–water partition coefficient (Wildman–Crippen LogP) is 3.13. The molecule has 0 fully saturated rings. The van der Waals surface area contributed by atoms with Crippen molar-refractivity contribution in [2.24, 2.45) is 0 Å². The number of hydrogen-bond acceptors (Lipinski definition) is 6. The normalized spacial score (nSPS) is 10.3. The molecule has 5 nitrogen and oxygen atoms in total. The lowest BCUT2D eigenvalue weighted by Gasteiger charge is -2.12. The van der Waals surface area contributed by atoms with E-state index in [2.05, 4.69) is 15.5 Å². The van der Waals surface area contributed by atoms with Gasteiger partial charge in [0.1, 0.15) is 5.01 Å². The monoisotopic (exact) mass is 299 g/mol. The summed E-state index contributed by atoms with van der Waals surface area (Å²) in [6.45, 7) is 2.46. The van der Waals surface area contributed by atoms with Gasteiger partial charge >= 0.3 is 0 Å². The largest absolute Gasteiger partial charge is 0.493 e. The molecule has 1 aromatic heterocycles. The molecule has 0 unspecified atom stereocenters. The van der Waals surface area contributed by atoms with E-state index in [1.54, 1.807) is 14.2 Å². The summed E-state index contributed by atoms with van der Waals surface area (Å²) in [5.74, 6) is 1.15. The molecule has 0 radical (unpaired) electrons. The Balaban J connectivity index is 2.16. The minimum atomic E-state index is 0.538. The zero-order chi connectivity index (χ0) is 13.8. The Bertz CT molecular complexity index is 574. The fourth-order valence-electron chi connectivity index (χ4n) is 1.61. The summed E-state index contributed by atoms with van der Waals surface area (Å²) in [7, 11) is 3.14. The smallest absolute Gasteiger partial charge is 0.205 e. The number of methoxy groups -OCH3 is 2. The van der Waals surface area contributed by atoms with E-state index in [9.17, 15) is 0 Å². The van der Waals surface area contributed by atoms with Crippen molar-refractivity contribution >= 4 is 28.1 Å². The van der Waals surface area contributed by atoms with Gasteiger partial charge in [0.05, 0.1) is 19.2 Å². The Hall–Kier alpha value is -1.53. The summed E-state index contributed by atoms with van der Waals surface area (Å²) >= 11 is 7.78. The average molecular weight is 300 g/mol. The van der Waals surface area contributed by atoms with Crippen molar-refractivity contribution in [3.63, 3.8) is 0 Å². The first kappa shape index (κ1) is 13.9. The molecule has 7 heteroatoms. The van der Waals surface area contributed by atoms with E-state index in [1.807, 2.05) is 19.1 Å². The molecule has 1 aromatic carbocycles. The molecular formula is C12H14ClN3O2S. The molecule has 0 aliphatic heterocycles. The maximum Gasteiger partial charge on any atom is 0.205 e. The number of halogens is 1. The molecule has 2 aromatic rings. The fraction of sp³-hybridized carbons (Fsp3) is 0.333. The van der Waals surface area contributed by atoms with Gasteiger partial charge in [0.15, 0.2) is 11.5 Å². The number of rotatable bonds is 5. The number of ether oxygens (including phenoxy) is 2. The van der Waals surface area contributed by atoms with Crippen molar-refractivity contribution in [2.75, 3.05) is 19.5 Å². The molecule has 19 heavy (non-hydrogen) atoms. The first-order valence-electron chi connectivity index (χ1n) is 5.59. The highest BCUT2D eigenvalue weighted by molar-refractivity contribution is 7.15. The van der Waals surface area contributed by atoms with Gasteiger partial charge < -0.3 is 14.8 Å². The molecule has 102 valence electrons. The third-order valence-corrected chi connectivity index (χ3v) is 3.73. The zero-order valence-electron chi connectivity index (χ0n) is 10.9. The Morgan fingerprint density at radius 1 is 1.26 bits per heavy atom. The number of aromatic nitrogens is 2. The highest BCUT2D eigenvalue weighted by Crippen LogP contribution is 2.37. The molecule has 0 atom stereocenters. The fourth-order valence-corrected chi connectivity index (χ4v) is 2.49. The molecule has 0 saturated heterocycles. The van der Waals surface area contributed by atoms with Crippen LogP contribution in [0.5, 0.6) is 11.5 Å². The summed E-state index contributed by atoms with van der Waals surface area (Å²) in [4.78, 5) is 0. The maximum absolute atomic E-state index is 6.29. The van der Waals surface area contributed by atoms with Crippen molar-refractivity contribution in [2.45, 2.75) is 13.5 Å². The number of hydrogen-bond donors (Lipinski definition) is 1. The van der Waals surface area contributed by atoms with Crippen LogP contribution in [0.25, 0.3) is 0 Å². The molecule has 1 N–H and O–H groups in total. The first-order chi connectivity index (χ1) is 9.15. The summed E-state index contributed by atoms with van der Waals surface area (Å²) in [5, 5.41) is 13.3. The number of aryl methyl sites for hydroxylation is 1. The van der Waals surface area contributed by atoms with Crippen LogP contribution in [0, 0.1) is 6.92 Å². The van der Waals surface area contributed by atoms with E-state index < -0.39 is 0 Å². The van der Waals surface area contributed by atoms with Gasteiger partial charge in [-0.25, -0.2) is 0 Å². The minimum absolute atomic E-state index is 0.538. The van der Waals surface area contributed by atoms with Crippen LogP contribution < -0.4 is 14.8 Å². The van der Waals surface area contributed by atoms with Gasteiger partial charge in [0.2, 0.25) is 5.13 Å². The van der Waals surface area contributed by atoms with E-state index in [-0.39, 0.29) is 0 Å². The van der Waals surface area contributed by atoms with Crippen molar-refractivity contribution in [1.29, 1.82) is 0 Å². The van der Waals surface area contributed by atoms with Gasteiger partial charge in [-0.1, -0.05) is 29.0 Å². The summed E-state index contributed by atoms with van der Waals surface area (Å²) in [6.07, 6.45) is 0. The van der Waals surface area contributed by atoms with Gasteiger partial charge in [0.25, 0.3) is 0 Å². The Morgan fingerprint density at radius 2 is 2.05 bits per heavy atom. The second kappa shape index (κ2) is 6.08. The van der Waals surface area contributed by atoms with Gasteiger partial charge in [-0.3, -0.25) is 0 Å². The van der Waals surface area contributed by atoms with Gasteiger partial charge in [0, 0.05) is 6.54 Å². The number of nitrogens with one attached hydrogen (secondary N) is 1. The SMILES string of the molecule is COc1ccc(CNc2nnc(C)s2)c(Cl)c1OC. The van der Waals surface area contributed by atoms with Gasteiger partial charge in [-0.2, -0.15) is 0 Å². The molecule has 0 amide bonds. The molecular weight excluding hydrogens is 286 g/mol. The average Bonchev–Trinajstić information content (AvgIpc) is 2.82. The second-order valence-corrected chi connectivity index (χ2v) is 5.31. The molecule has 0 bridgehead atoms. The Morgan fingerprint density at radius 3 is 2.63 bits per heavy atom. The number of anilines is 1. The minimum Gasteiger partial charge on any atom is -0.493 e. The summed E-state index contributed by atoms with van der Waals surface area (Å²) < 4.78 is 10.4. The van der Waals surface area contributed by atoms with Crippen LogP contribution in [0.1, 0.15) is 10.6 Å². The Kier molecular flexibility index (Phi) is 4.44. The van der Waals surface area contributed by atoms with Crippen LogP contribution >= 0.6 is 22.9 Å². The van der Waals surface area contributed by atoms with Crippen LogP contribution in [-0.4, -0.2) is 24.4 Å². The van der Waals surface area contributed by atoms with E-state index in [0.29, 0.717) is 23.1 Å². The quantitative estimate of drug-likeness (QED) is 0.919. The lowest BCUT2D eigenvalue weighted by molar-refractivity contribution is 0.355. The highest BCUT2D eigenvalue weighted by Gasteiger charge is 2.13. The zero-order valence-corrected chi connectivity index (χ0v) is 12.4. The highest BCUT2D eigenvalue weighted by atomic mass is 35.5. The van der Waals surface area contributed by atoms with E-state index in [0.717, 1.165) is 15.7 Å². The van der Waals surface area contributed by atoms with Crippen LogP contribution in [0.3, 0.4) is 0 Å². The third kappa shape index (κ3) is 3.08. The standard InChI is InChI=1S/C12H14ClN3O2S/c1-7-15-16-12(19-7)14-6-8-4-5-9(17-2)11(18-3)10(8)13/h4-5H,6H2,1-3H3,(H,14,16). The van der Waals surface area contributed by atoms with Crippen molar-refractivity contribution < 1.29 is 9.47 Å². The van der Waals surface area contributed by atoms with Crippen molar-refractivity contribution in [3.05, 3.63) is 27.7 Å². The maximum atomic E-state index is 6.29.